The fraction of sp³-hybridized carbons (Fsp3) is 0.448. The van der Waals surface area contributed by atoms with Gasteiger partial charge < -0.3 is 19.8 Å². The molecule has 0 unspecified atom stereocenters. The number of ether oxygens (including phenoxy) is 1. The number of fused-ring (bicyclic) bond motifs is 1. The zero-order valence-corrected chi connectivity index (χ0v) is 22.8. The summed E-state index contributed by atoms with van der Waals surface area (Å²) >= 11 is 7.88. The van der Waals surface area contributed by atoms with Crippen molar-refractivity contribution in [3.63, 3.8) is 0 Å². The number of likely N-dealkylation sites (tertiary alicyclic amines) is 1. The average Bonchev–Trinajstić information content (AvgIpc) is 2.89. The Hall–Kier alpha value is -2.32. The smallest absolute Gasteiger partial charge is 0.303 e. The van der Waals surface area contributed by atoms with Crippen molar-refractivity contribution in [2.75, 3.05) is 32.5 Å². The van der Waals surface area contributed by atoms with E-state index in [2.05, 4.69) is 16.0 Å². The van der Waals surface area contributed by atoms with Gasteiger partial charge in [-0.25, -0.2) is 0 Å². The summed E-state index contributed by atoms with van der Waals surface area (Å²) in [5, 5.41) is 22.3. The van der Waals surface area contributed by atoms with Crippen LogP contribution in [0.15, 0.2) is 59.6 Å². The Bertz CT molecular complexity index is 1190. The highest BCUT2D eigenvalue weighted by Crippen LogP contribution is 2.35. The van der Waals surface area contributed by atoms with Crippen LogP contribution in [0.25, 0.3) is 10.9 Å². The Morgan fingerprint density at radius 1 is 1.24 bits per heavy atom. The lowest BCUT2D eigenvalue weighted by molar-refractivity contribution is -0.139. The van der Waals surface area contributed by atoms with Crippen LogP contribution in [0, 0.1) is 11.8 Å². The molecule has 1 aromatic heterocycles. The van der Waals surface area contributed by atoms with Crippen LogP contribution in [0.1, 0.15) is 43.8 Å². The number of pyridine rings is 1. The number of piperidine rings is 1. The van der Waals surface area contributed by atoms with E-state index in [4.69, 9.17) is 16.3 Å². The van der Waals surface area contributed by atoms with Crippen molar-refractivity contribution < 1.29 is 19.7 Å². The summed E-state index contributed by atoms with van der Waals surface area (Å²) in [6.07, 6.45) is 4.65. The number of carboxylic acids is 1. The van der Waals surface area contributed by atoms with Crippen molar-refractivity contribution in [1.82, 2.24) is 9.88 Å². The first-order valence-electron chi connectivity index (χ1n) is 12.9. The molecule has 1 fully saturated rings. The van der Waals surface area contributed by atoms with Crippen LogP contribution in [-0.4, -0.2) is 58.6 Å². The number of rotatable bonds is 12. The van der Waals surface area contributed by atoms with Gasteiger partial charge in [0.15, 0.2) is 0 Å². The van der Waals surface area contributed by atoms with Gasteiger partial charge in [-0.3, -0.25) is 9.78 Å². The molecular weight excluding hydrogens is 508 g/mol. The average molecular weight is 543 g/mol. The SMILES string of the molecule is COc1ccc2nccc([C@@H](O)CC[C@@H]3CCN(CCCSc4cccc(Cl)c4)C[C@@H]3CC(=O)O)c2c1. The van der Waals surface area contributed by atoms with E-state index in [0.29, 0.717) is 6.42 Å². The molecule has 1 aliphatic heterocycles. The number of aliphatic hydroxyl groups excluding tert-OH is 1. The Morgan fingerprint density at radius 2 is 2.11 bits per heavy atom. The van der Waals surface area contributed by atoms with E-state index in [1.165, 1.54) is 4.90 Å². The highest BCUT2D eigenvalue weighted by Gasteiger charge is 2.31. The van der Waals surface area contributed by atoms with Gasteiger partial charge in [-0.05, 0) is 104 Å². The van der Waals surface area contributed by atoms with Gasteiger partial charge >= 0.3 is 5.97 Å². The van der Waals surface area contributed by atoms with E-state index in [1.807, 2.05) is 42.5 Å². The monoisotopic (exact) mass is 542 g/mol. The first-order chi connectivity index (χ1) is 17.9. The lowest BCUT2D eigenvalue weighted by Crippen LogP contribution is -2.42. The maximum atomic E-state index is 11.6. The zero-order chi connectivity index (χ0) is 26.2. The van der Waals surface area contributed by atoms with Crippen molar-refractivity contribution >= 4 is 40.2 Å². The number of thioether (sulfide) groups is 1. The minimum Gasteiger partial charge on any atom is -0.497 e. The van der Waals surface area contributed by atoms with E-state index in [-0.39, 0.29) is 18.3 Å². The third-order valence-corrected chi connectivity index (χ3v) is 8.56. The maximum absolute atomic E-state index is 11.6. The standard InChI is InChI=1S/C29H35ClN2O4S/c1-36-23-7-8-27-26(18-23)25(10-12-31-27)28(33)9-6-20-11-14-32(19-21(20)16-29(34)35)13-3-15-37-24-5-2-4-22(30)17-24/h2,4-5,7-8,10,12,17-18,20-21,28,33H,3,6,9,11,13-16,19H2,1H3,(H,34,35)/t20-,21+,28+/m1/s1. The molecule has 1 saturated heterocycles. The minimum atomic E-state index is -0.749. The minimum absolute atomic E-state index is 0.0910. The molecule has 0 saturated carbocycles. The van der Waals surface area contributed by atoms with Crippen molar-refractivity contribution in [3.8, 4) is 5.75 Å². The highest BCUT2D eigenvalue weighted by molar-refractivity contribution is 7.99. The molecule has 37 heavy (non-hydrogen) atoms. The Morgan fingerprint density at radius 3 is 2.89 bits per heavy atom. The van der Waals surface area contributed by atoms with Gasteiger partial charge in [0.25, 0.3) is 0 Å². The molecule has 198 valence electrons. The molecule has 0 radical (unpaired) electrons. The number of aromatic nitrogens is 1. The number of hydrogen-bond donors (Lipinski definition) is 2. The van der Waals surface area contributed by atoms with Gasteiger partial charge in [0.1, 0.15) is 5.75 Å². The summed E-state index contributed by atoms with van der Waals surface area (Å²) in [5.74, 6) is 1.36. The summed E-state index contributed by atoms with van der Waals surface area (Å²) in [4.78, 5) is 19.6. The molecule has 0 spiro atoms. The molecule has 8 heteroatoms. The van der Waals surface area contributed by atoms with Crippen LogP contribution in [0.4, 0.5) is 0 Å². The largest absolute Gasteiger partial charge is 0.497 e. The van der Waals surface area contributed by atoms with Gasteiger partial charge in [-0.15, -0.1) is 11.8 Å². The van der Waals surface area contributed by atoms with E-state index < -0.39 is 12.1 Å². The number of aliphatic hydroxyl groups is 1. The van der Waals surface area contributed by atoms with Crippen LogP contribution >= 0.6 is 23.4 Å². The van der Waals surface area contributed by atoms with Gasteiger partial charge in [-0.1, -0.05) is 17.7 Å². The number of carboxylic acid groups (broad SMARTS) is 1. The summed E-state index contributed by atoms with van der Waals surface area (Å²) in [6.45, 7) is 2.72. The predicted molar refractivity (Wildman–Crippen MR) is 150 cm³/mol. The number of methoxy groups -OCH3 is 1. The molecular formula is C29H35ClN2O4S. The molecule has 3 atom stereocenters. The molecule has 1 aliphatic rings. The number of halogens is 1. The summed E-state index contributed by atoms with van der Waals surface area (Å²) in [7, 11) is 1.63. The predicted octanol–water partition coefficient (Wildman–Crippen LogP) is 6.31. The van der Waals surface area contributed by atoms with Gasteiger partial charge in [0.2, 0.25) is 0 Å². The van der Waals surface area contributed by atoms with Gasteiger partial charge in [0.05, 0.1) is 18.7 Å². The molecule has 0 bridgehead atoms. The highest BCUT2D eigenvalue weighted by atomic mass is 35.5. The normalized spacial score (nSPS) is 19.1. The molecule has 0 aliphatic carbocycles. The number of nitrogens with zero attached hydrogens (tertiary/aromatic N) is 2. The fourth-order valence-corrected chi connectivity index (χ4v) is 6.47. The lowest BCUT2D eigenvalue weighted by Gasteiger charge is -2.38. The molecule has 2 aromatic carbocycles. The van der Waals surface area contributed by atoms with Gasteiger partial charge in [0, 0.05) is 34.5 Å². The fourth-order valence-electron chi connectivity index (χ4n) is 5.32. The first-order valence-corrected chi connectivity index (χ1v) is 14.2. The van der Waals surface area contributed by atoms with Crippen molar-refractivity contribution in [1.29, 1.82) is 0 Å². The zero-order valence-electron chi connectivity index (χ0n) is 21.2. The van der Waals surface area contributed by atoms with E-state index >= 15 is 0 Å². The first kappa shape index (κ1) is 27.7. The van der Waals surface area contributed by atoms with Crippen molar-refractivity contribution in [2.24, 2.45) is 11.8 Å². The van der Waals surface area contributed by atoms with E-state index in [1.54, 1.807) is 25.1 Å². The Balaban J connectivity index is 1.31. The Kier molecular flexibility index (Phi) is 10.1. The third-order valence-electron chi connectivity index (χ3n) is 7.25. The lowest BCUT2D eigenvalue weighted by atomic mass is 9.79. The molecule has 0 amide bonds. The number of carbonyl (C=O) groups is 1. The van der Waals surface area contributed by atoms with Gasteiger partial charge in [-0.2, -0.15) is 0 Å². The van der Waals surface area contributed by atoms with Crippen LogP contribution < -0.4 is 4.74 Å². The van der Waals surface area contributed by atoms with Crippen LogP contribution in [-0.2, 0) is 4.79 Å². The van der Waals surface area contributed by atoms with Crippen molar-refractivity contribution in [3.05, 3.63) is 65.3 Å². The number of aliphatic carboxylic acids is 1. The Labute approximate surface area is 228 Å². The number of hydrogen-bond acceptors (Lipinski definition) is 6. The molecule has 6 nitrogen and oxygen atoms in total. The second-order valence-electron chi connectivity index (χ2n) is 9.74. The third kappa shape index (κ3) is 7.84. The van der Waals surface area contributed by atoms with E-state index in [9.17, 15) is 15.0 Å². The summed E-state index contributed by atoms with van der Waals surface area (Å²) in [6, 6.07) is 15.5. The van der Waals surface area contributed by atoms with Crippen LogP contribution in [0.5, 0.6) is 5.75 Å². The molecule has 2 N–H and O–H groups in total. The number of benzene rings is 2. The van der Waals surface area contributed by atoms with Crippen LogP contribution in [0.3, 0.4) is 0 Å². The van der Waals surface area contributed by atoms with E-state index in [0.717, 1.165) is 71.9 Å². The summed E-state index contributed by atoms with van der Waals surface area (Å²) < 4.78 is 5.36. The molecule has 2 heterocycles. The topological polar surface area (TPSA) is 82.9 Å². The second kappa shape index (κ2) is 13.5. The quantitative estimate of drug-likeness (QED) is 0.205. The van der Waals surface area contributed by atoms with Crippen molar-refractivity contribution in [2.45, 2.75) is 43.1 Å². The molecule has 4 rings (SSSR count). The maximum Gasteiger partial charge on any atom is 0.303 e. The molecule has 3 aromatic rings. The summed E-state index contributed by atoms with van der Waals surface area (Å²) in [5.41, 5.74) is 1.66. The second-order valence-corrected chi connectivity index (χ2v) is 11.3. The van der Waals surface area contributed by atoms with Crippen LogP contribution in [0.2, 0.25) is 5.02 Å².